The van der Waals surface area contributed by atoms with Gasteiger partial charge in [-0.3, -0.25) is 9.79 Å². The SMILES string of the molecule is CCCCCCNC(=NC)NCc1ccc(C(=O)NCCCC)cc1. The first kappa shape index (κ1) is 21.0. The van der Waals surface area contributed by atoms with Gasteiger partial charge in [-0.15, -0.1) is 0 Å². The van der Waals surface area contributed by atoms with Crippen molar-refractivity contribution in [2.75, 3.05) is 20.1 Å². The van der Waals surface area contributed by atoms with E-state index in [1.54, 1.807) is 7.05 Å². The van der Waals surface area contributed by atoms with E-state index in [-0.39, 0.29) is 5.91 Å². The Morgan fingerprint density at radius 2 is 1.56 bits per heavy atom. The first-order valence-corrected chi connectivity index (χ1v) is 9.52. The molecule has 5 nitrogen and oxygen atoms in total. The van der Waals surface area contributed by atoms with E-state index in [1.165, 1.54) is 19.3 Å². The molecule has 0 aliphatic heterocycles. The summed E-state index contributed by atoms with van der Waals surface area (Å²) in [6, 6.07) is 7.71. The van der Waals surface area contributed by atoms with E-state index in [2.05, 4.69) is 34.8 Å². The Morgan fingerprint density at radius 1 is 0.880 bits per heavy atom. The van der Waals surface area contributed by atoms with Crippen molar-refractivity contribution in [3.63, 3.8) is 0 Å². The lowest BCUT2D eigenvalue weighted by atomic mass is 10.1. The molecule has 5 heteroatoms. The molecule has 1 aromatic carbocycles. The summed E-state index contributed by atoms with van der Waals surface area (Å²) < 4.78 is 0. The van der Waals surface area contributed by atoms with Crippen LogP contribution in [-0.4, -0.2) is 32.0 Å². The number of rotatable bonds is 11. The average molecular weight is 347 g/mol. The van der Waals surface area contributed by atoms with Crippen LogP contribution in [0.5, 0.6) is 0 Å². The van der Waals surface area contributed by atoms with Crippen LogP contribution in [0.15, 0.2) is 29.3 Å². The summed E-state index contributed by atoms with van der Waals surface area (Å²) in [5.41, 5.74) is 1.83. The highest BCUT2D eigenvalue weighted by Gasteiger charge is 2.04. The highest BCUT2D eigenvalue weighted by Crippen LogP contribution is 2.04. The number of nitrogens with zero attached hydrogens (tertiary/aromatic N) is 1. The highest BCUT2D eigenvalue weighted by atomic mass is 16.1. The minimum absolute atomic E-state index is 0.00230. The number of aliphatic imine (C=N–C) groups is 1. The van der Waals surface area contributed by atoms with Gasteiger partial charge in [-0.05, 0) is 30.5 Å². The molecule has 1 aromatic rings. The Bertz CT molecular complexity index is 511. The number of carbonyl (C=O) groups is 1. The van der Waals surface area contributed by atoms with Crippen LogP contribution in [0.2, 0.25) is 0 Å². The van der Waals surface area contributed by atoms with Crippen LogP contribution in [0.3, 0.4) is 0 Å². The lowest BCUT2D eigenvalue weighted by Crippen LogP contribution is -2.37. The van der Waals surface area contributed by atoms with E-state index in [0.717, 1.165) is 43.9 Å². The molecular formula is C20H34N4O. The van der Waals surface area contributed by atoms with Crippen molar-refractivity contribution in [1.82, 2.24) is 16.0 Å². The maximum atomic E-state index is 12.0. The van der Waals surface area contributed by atoms with Crippen LogP contribution in [0.4, 0.5) is 0 Å². The van der Waals surface area contributed by atoms with Gasteiger partial charge < -0.3 is 16.0 Å². The van der Waals surface area contributed by atoms with E-state index in [0.29, 0.717) is 12.1 Å². The Morgan fingerprint density at radius 3 is 2.20 bits per heavy atom. The first-order chi connectivity index (χ1) is 12.2. The number of hydrogen-bond donors (Lipinski definition) is 3. The predicted molar refractivity (Wildman–Crippen MR) is 106 cm³/mol. The van der Waals surface area contributed by atoms with Crippen molar-refractivity contribution in [3.05, 3.63) is 35.4 Å². The summed E-state index contributed by atoms with van der Waals surface area (Å²) in [6.07, 6.45) is 7.04. The second-order valence-electron chi connectivity index (χ2n) is 6.22. The van der Waals surface area contributed by atoms with Gasteiger partial charge in [0, 0.05) is 32.2 Å². The van der Waals surface area contributed by atoms with Gasteiger partial charge in [0.2, 0.25) is 0 Å². The molecule has 0 aliphatic carbocycles. The summed E-state index contributed by atoms with van der Waals surface area (Å²) in [6.45, 7) is 6.69. The number of guanidine groups is 1. The summed E-state index contributed by atoms with van der Waals surface area (Å²) in [5.74, 6) is 0.815. The molecule has 0 unspecified atom stereocenters. The van der Waals surface area contributed by atoms with Crippen molar-refractivity contribution in [2.45, 2.75) is 58.9 Å². The quantitative estimate of drug-likeness (QED) is 0.327. The van der Waals surface area contributed by atoms with Gasteiger partial charge in [0.05, 0.1) is 0 Å². The minimum Gasteiger partial charge on any atom is -0.356 e. The summed E-state index contributed by atoms with van der Waals surface area (Å²) in [7, 11) is 1.78. The zero-order valence-electron chi connectivity index (χ0n) is 16.0. The Kier molecular flexibility index (Phi) is 11.2. The highest BCUT2D eigenvalue weighted by molar-refractivity contribution is 5.94. The van der Waals surface area contributed by atoms with Crippen LogP contribution in [0.1, 0.15) is 68.3 Å². The topological polar surface area (TPSA) is 65.5 Å². The molecule has 0 aliphatic rings. The van der Waals surface area contributed by atoms with Crippen LogP contribution < -0.4 is 16.0 Å². The lowest BCUT2D eigenvalue weighted by Gasteiger charge is -2.12. The molecular weight excluding hydrogens is 312 g/mol. The molecule has 25 heavy (non-hydrogen) atoms. The fourth-order valence-electron chi connectivity index (χ4n) is 2.42. The van der Waals surface area contributed by atoms with E-state index in [9.17, 15) is 4.79 Å². The number of amides is 1. The zero-order chi connectivity index (χ0) is 18.3. The second kappa shape index (κ2) is 13.3. The molecule has 140 valence electrons. The Balaban J connectivity index is 2.35. The summed E-state index contributed by atoms with van der Waals surface area (Å²) in [5, 5.41) is 9.57. The van der Waals surface area contributed by atoms with E-state index < -0.39 is 0 Å². The van der Waals surface area contributed by atoms with E-state index in [4.69, 9.17) is 0 Å². The summed E-state index contributed by atoms with van der Waals surface area (Å²) >= 11 is 0. The zero-order valence-corrected chi connectivity index (χ0v) is 16.0. The lowest BCUT2D eigenvalue weighted by molar-refractivity contribution is 0.0953. The fourth-order valence-corrected chi connectivity index (χ4v) is 2.42. The number of nitrogens with one attached hydrogen (secondary N) is 3. The van der Waals surface area contributed by atoms with Gasteiger partial charge >= 0.3 is 0 Å². The van der Waals surface area contributed by atoms with Gasteiger partial charge in [-0.1, -0.05) is 51.7 Å². The molecule has 0 atom stereocenters. The van der Waals surface area contributed by atoms with Crippen molar-refractivity contribution in [2.24, 2.45) is 4.99 Å². The third-order valence-electron chi connectivity index (χ3n) is 4.04. The molecule has 1 rings (SSSR count). The number of hydrogen-bond acceptors (Lipinski definition) is 2. The molecule has 3 N–H and O–H groups in total. The second-order valence-corrected chi connectivity index (χ2v) is 6.22. The number of carbonyl (C=O) groups excluding carboxylic acids is 1. The minimum atomic E-state index is -0.00230. The maximum Gasteiger partial charge on any atom is 0.251 e. The third kappa shape index (κ3) is 9.13. The molecule has 0 aromatic heterocycles. The monoisotopic (exact) mass is 346 g/mol. The smallest absolute Gasteiger partial charge is 0.251 e. The van der Waals surface area contributed by atoms with Crippen molar-refractivity contribution >= 4 is 11.9 Å². The summed E-state index contributed by atoms with van der Waals surface area (Å²) in [4.78, 5) is 16.2. The number of benzene rings is 1. The molecule has 0 radical (unpaired) electrons. The average Bonchev–Trinajstić information content (AvgIpc) is 2.64. The van der Waals surface area contributed by atoms with Crippen LogP contribution >= 0.6 is 0 Å². The molecule has 0 saturated heterocycles. The molecule has 1 amide bonds. The van der Waals surface area contributed by atoms with Gasteiger partial charge in [0.15, 0.2) is 5.96 Å². The van der Waals surface area contributed by atoms with Gasteiger partial charge in [0.25, 0.3) is 5.91 Å². The van der Waals surface area contributed by atoms with Crippen LogP contribution in [-0.2, 0) is 6.54 Å². The van der Waals surface area contributed by atoms with Crippen molar-refractivity contribution in [3.8, 4) is 0 Å². The first-order valence-electron chi connectivity index (χ1n) is 9.52. The van der Waals surface area contributed by atoms with Crippen molar-refractivity contribution < 1.29 is 4.79 Å². The van der Waals surface area contributed by atoms with Crippen LogP contribution in [0.25, 0.3) is 0 Å². The van der Waals surface area contributed by atoms with Crippen molar-refractivity contribution in [1.29, 1.82) is 0 Å². The molecule has 0 spiro atoms. The maximum absolute atomic E-state index is 12.0. The Labute approximate surface area is 152 Å². The largest absolute Gasteiger partial charge is 0.356 e. The van der Waals surface area contributed by atoms with Gasteiger partial charge in [-0.2, -0.15) is 0 Å². The molecule has 0 bridgehead atoms. The standard InChI is InChI=1S/C20H34N4O/c1-4-6-8-9-15-23-20(21-3)24-16-17-10-12-18(13-11-17)19(25)22-14-7-5-2/h10-13H,4-9,14-16H2,1-3H3,(H,22,25)(H2,21,23,24). The third-order valence-corrected chi connectivity index (χ3v) is 4.04. The normalized spacial score (nSPS) is 11.2. The molecule has 0 saturated carbocycles. The van der Waals surface area contributed by atoms with Crippen LogP contribution in [0, 0.1) is 0 Å². The fraction of sp³-hybridized carbons (Fsp3) is 0.600. The van der Waals surface area contributed by atoms with E-state index >= 15 is 0 Å². The molecule has 0 fully saturated rings. The molecule has 0 heterocycles. The number of unbranched alkanes of at least 4 members (excludes halogenated alkanes) is 4. The predicted octanol–water partition coefficient (Wildman–Crippen LogP) is 3.46. The van der Waals surface area contributed by atoms with Gasteiger partial charge in [-0.25, -0.2) is 0 Å². The van der Waals surface area contributed by atoms with Gasteiger partial charge in [0.1, 0.15) is 0 Å². The van der Waals surface area contributed by atoms with E-state index in [1.807, 2.05) is 24.3 Å². The Hall–Kier alpha value is -2.04.